The van der Waals surface area contributed by atoms with E-state index < -0.39 is 15.9 Å². The third kappa shape index (κ3) is 4.26. The molecule has 4 aromatic rings. The third-order valence-corrected chi connectivity index (χ3v) is 7.83. The highest BCUT2D eigenvalue weighted by molar-refractivity contribution is 7.89. The molecule has 0 aliphatic heterocycles. The van der Waals surface area contributed by atoms with E-state index in [9.17, 15) is 13.2 Å². The standard InChI is InChI=1S/C23H26N6O5S/c1-6-29(7-2)35(31,32)15-9-10-17-16(13-15)20-21(28(17)3)24-23(27-26-20)25-22(30)14-8-11-18(33-4)19(12-14)34-5/h8-13H,6-7H2,1-5H3,(H,24,25,27,30). The minimum absolute atomic E-state index is 0.0131. The Morgan fingerprint density at radius 3 is 2.40 bits per heavy atom. The second-order valence-electron chi connectivity index (χ2n) is 7.66. The molecule has 11 nitrogen and oxygen atoms in total. The molecule has 2 aromatic carbocycles. The van der Waals surface area contributed by atoms with Crippen molar-refractivity contribution in [3.8, 4) is 11.5 Å². The van der Waals surface area contributed by atoms with Gasteiger partial charge in [-0.05, 0) is 36.4 Å². The zero-order valence-corrected chi connectivity index (χ0v) is 20.9. The lowest BCUT2D eigenvalue weighted by Crippen LogP contribution is -2.30. The van der Waals surface area contributed by atoms with Gasteiger partial charge in [-0.1, -0.05) is 13.8 Å². The smallest absolute Gasteiger partial charge is 0.258 e. The van der Waals surface area contributed by atoms with Crippen molar-refractivity contribution in [2.24, 2.45) is 7.05 Å². The van der Waals surface area contributed by atoms with Crippen LogP contribution in [0.2, 0.25) is 0 Å². The molecule has 184 valence electrons. The molecule has 0 atom stereocenters. The van der Waals surface area contributed by atoms with E-state index in [1.54, 1.807) is 61.9 Å². The summed E-state index contributed by atoms with van der Waals surface area (Å²) >= 11 is 0. The van der Waals surface area contributed by atoms with E-state index in [0.717, 1.165) is 5.52 Å². The van der Waals surface area contributed by atoms with Gasteiger partial charge in [0.2, 0.25) is 10.0 Å². The number of rotatable bonds is 8. The van der Waals surface area contributed by atoms with Crippen molar-refractivity contribution in [3.63, 3.8) is 0 Å². The number of nitrogens with one attached hydrogen (secondary N) is 1. The summed E-state index contributed by atoms with van der Waals surface area (Å²) in [5.41, 5.74) is 1.96. The van der Waals surface area contributed by atoms with Gasteiger partial charge in [0.1, 0.15) is 5.52 Å². The molecular formula is C23H26N6O5S. The maximum Gasteiger partial charge on any atom is 0.258 e. The van der Waals surface area contributed by atoms with Crippen LogP contribution in [-0.2, 0) is 17.1 Å². The Balaban J connectivity index is 1.71. The summed E-state index contributed by atoms with van der Waals surface area (Å²) in [5.74, 6) is 0.484. The minimum atomic E-state index is -3.64. The number of nitrogens with zero attached hydrogens (tertiary/aromatic N) is 5. The van der Waals surface area contributed by atoms with Crippen LogP contribution in [0.25, 0.3) is 22.1 Å². The monoisotopic (exact) mass is 498 g/mol. The highest BCUT2D eigenvalue weighted by atomic mass is 32.2. The first kappa shape index (κ1) is 24.4. The fourth-order valence-electron chi connectivity index (χ4n) is 3.91. The molecule has 0 bridgehead atoms. The van der Waals surface area contributed by atoms with E-state index in [2.05, 4.69) is 20.5 Å². The van der Waals surface area contributed by atoms with Gasteiger partial charge in [-0.2, -0.15) is 9.29 Å². The van der Waals surface area contributed by atoms with Gasteiger partial charge in [0, 0.05) is 31.1 Å². The van der Waals surface area contributed by atoms with Crippen LogP contribution in [0.3, 0.4) is 0 Å². The largest absolute Gasteiger partial charge is 0.493 e. The number of ether oxygens (including phenoxy) is 2. The number of amides is 1. The zero-order chi connectivity index (χ0) is 25.3. The molecule has 0 saturated carbocycles. The third-order valence-electron chi connectivity index (χ3n) is 5.78. The average molecular weight is 499 g/mol. The lowest BCUT2D eigenvalue weighted by molar-refractivity contribution is 0.102. The fraction of sp³-hybridized carbons (Fsp3) is 0.304. The average Bonchev–Trinajstić information content (AvgIpc) is 3.14. The van der Waals surface area contributed by atoms with Gasteiger partial charge in [0.05, 0.1) is 24.6 Å². The lowest BCUT2D eigenvalue weighted by atomic mass is 10.2. The molecule has 0 saturated heterocycles. The number of hydrogen-bond acceptors (Lipinski definition) is 8. The first-order valence-electron chi connectivity index (χ1n) is 10.9. The molecular weight excluding hydrogens is 472 g/mol. The van der Waals surface area contributed by atoms with Crippen molar-refractivity contribution in [1.29, 1.82) is 0 Å². The maximum atomic E-state index is 13.0. The van der Waals surface area contributed by atoms with Gasteiger partial charge in [0.25, 0.3) is 11.9 Å². The Labute approximate surface area is 202 Å². The summed E-state index contributed by atoms with van der Waals surface area (Å²) in [6.45, 7) is 4.34. The van der Waals surface area contributed by atoms with E-state index in [0.29, 0.717) is 46.7 Å². The first-order chi connectivity index (χ1) is 16.7. The van der Waals surface area contributed by atoms with Gasteiger partial charge < -0.3 is 14.0 Å². The van der Waals surface area contributed by atoms with Crippen molar-refractivity contribution in [3.05, 3.63) is 42.0 Å². The highest BCUT2D eigenvalue weighted by Crippen LogP contribution is 2.30. The van der Waals surface area contributed by atoms with Gasteiger partial charge in [-0.25, -0.2) is 8.42 Å². The van der Waals surface area contributed by atoms with Crippen LogP contribution in [0.1, 0.15) is 24.2 Å². The number of hydrogen-bond donors (Lipinski definition) is 1. The number of benzene rings is 2. The quantitative estimate of drug-likeness (QED) is 0.393. The number of carbonyl (C=O) groups is 1. The van der Waals surface area contributed by atoms with Crippen LogP contribution < -0.4 is 14.8 Å². The van der Waals surface area contributed by atoms with E-state index >= 15 is 0 Å². The van der Waals surface area contributed by atoms with E-state index in [1.807, 2.05) is 0 Å². The molecule has 1 amide bonds. The van der Waals surface area contributed by atoms with Crippen molar-refractivity contribution in [2.75, 3.05) is 32.6 Å². The second kappa shape index (κ2) is 9.47. The Kier molecular flexibility index (Phi) is 6.59. The van der Waals surface area contributed by atoms with Crippen molar-refractivity contribution < 1.29 is 22.7 Å². The molecule has 1 N–H and O–H groups in total. The normalized spacial score (nSPS) is 11.8. The summed E-state index contributed by atoms with van der Waals surface area (Å²) in [6, 6.07) is 9.65. The molecule has 4 rings (SSSR count). The van der Waals surface area contributed by atoms with E-state index in [1.165, 1.54) is 18.5 Å². The topological polar surface area (TPSA) is 129 Å². The SMILES string of the molecule is CCN(CC)S(=O)(=O)c1ccc2c(c1)c1nnc(NC(=O)c3ccc(OC)c(OC)c3)nc1n2C. The summed E-state index contributed by atoms with van der Waals surface area (Å²) in [6.07, 6.45) is 0. The summed E-state index contributed by atoms with van der Waals surface area (Å²) in [5, 5.41) is 11.5. The molecule has 0 aliphatic carbocycles. The molecule has 12 heteroatoms. The molecule has 2 heterocycles. The lowest BCUT2D eigenvalue weighted by Gasteiger charge is -2.18. The number of sulfonamides is 1. The van der Waals surface area contributed by atoms with Gasteiger partial charge in [-0.3, -0.25) is 10.1 Å². The van der Waals surface area contributed by atoms with Crippen LogP contribution in [0.5, 0.6) is 11.5 Å². The van der Waals surface area contributed by atoms with Gasteiger partial charge in [0.15, 0.2) is 17.1 Å². The summed E-state index contributed by atoms with van der Waals surface area (Å²) < 4.78 is 39.6. The molecule has 2 aromatic heterocycles. The van der Waals surface area contributed by atoms with Crippen LogP contribution in [0.15, 0.2) is 41.3 Å². The fourth-order valence-corrected chi connectivity index (χ4v) is 5.40. The van der Waals surface area contributed by atoms with Crippen molar-refractivity contribution in [1.82, 2.24) is 24.1 Å². The van der Waals surface area contributed by atoms with Crippen LogP contribution in [-0.4, -0.2) is 65.7 Å². The predicted octanol–water partition coefficient (Wildman–Crippen LogP) is 2.82. The van der Waals surface area contributed by atoms with E-state index in [-0.39, 0.29) is 10.8 Å². The minimum Gasteiger partial charge on any atom is -0.493 e. The number of anilines is 1. The number of aryl methyl sites for hydroxylation is 1. The Bertz CT molecular complexity index is 1530. The van der Waals surface area contributed by atoms with Crippen LogP contribution >= 0.6 is 0 Å². The molecule has 0 radical (unpaired) electrons. The highest BCUT2D eigenvalue weighted by Gasteiger charge is 2.23. The number of carbonyl (C=O) groups excluding carboxylic acids is 1. The Morgan fingerprint density at radius 1 is 1.03 bits per heavy atom. The predicted molar refractivity (Wildman–Crippen MR) is 131 cm³/mol. The Hall–Kier alpha value is -3.77. The second-order valence-corrected chi connectivity index (χ2v) is 9.60. The van der Waals surface area contributed by atoms with Gasteiger partial charge in [-0.15, -0.1) is 10.2 Å². The number of fused-ring (bicyclic) bond motifs is 3. The van der Waals surface area contributed by atoms with Gasteiger partial charge >= 0.3 is 0 Å². The number of aromatic nitrogens is 4. The van der Waals surface area contributed by atoms with E-state index in [4.69, 9.17) is 9.47 Å². The molecule has 0 aliphatic rings. The van der Waals surface area contributed by atoms with Crippen molar-refractivity contribution >= 4 is 43.9 Å². The van der Waals surface area contributed by atoms with Crippen LogP contribution in [0, 0.1) is 0 Å². The molecule has 0 spiro atoms. The Morgan fingerprint density at radius 2 is 1.74 bits per heavy atom. The van der Waals surface area contributed by atoms with Crippen molar-refractivity contribution in [2.45, 2.75) is 18.7 Å². The maximum absolute atomic E-state index is 13.0. The summed E-state index contributed by atoms with van der Waals surface area (Å²) in [4.78, 5) is 17.4. The molecule has 0 fully saturated rings. The zero-order valence-electron chi connectivity index (χ0n) is 20.1. The first-order valence-corrected chi connectivity index (χ1v) is 12.4. The van der Waals surface area contributed by atoms with Crippen LogP contribution in [0.4, 0.5) is 5.95 Å². The summed E-state index contributed by atoms with van der Waals surface area (Å²) in [7, 11) is 1.15. The molecule has 35 heavy (non-hydrogen) atoms. The molecule has 0 unspecified atom stereocenters. The number of methoxy groups -OCH3 is 2.